The van der Waals surface area contributed by atoms with Gasteiger partial charge in [0.1, 0.15) is 10.8 Å². The summed E-state index contributed by atoms with van der Waals surface area (Å²) in [6.07, 6.45) is 5.10. The fraction of sp³-hybridized carbons (Fsp3) is 0.429. The molecule has 0 aliphatic heterocycles. The molecule has 0 radical (unpaired) electrons. The van der Waals surface area contributed by atoms with Crippen LogP contribution in [0, 0.1) is 0 Å². The van der Waals surface area contributed by atoms with Crippen LogP contribution in [0.4, 0.5) is 5.69 Å². The predicted octanol–water partition coefficient (Wildman–Crippen LogP) is 2.97. The highest BCUT2D eigenvalue weighted by molar-refractivity contribution is 6.29. The van der Waals surface area contributed by atoms with Crippen molar-refractivity contribution in [2.24, 2.45) is 0 Å². The van der Waals surface area contributed by atoms with Gasteiger partial charge in [0.25, 0.3) is 0 Å². The fourth-order valence-electron chi connectivity index (χ4n) is 1.80. The standard InChI is InChI=1S/C14H19ClN4O/c1-9(2)18-11-5-13(15)16-7-12(11)19-8-10(6-17-19)14(3,4)20/h5-9,20H,1-4H3,(H,16,18). The van der Waals surface area contributed by atoms with Crippen molar-refractivity contribution in [2.45, 2.75) is 39.3 Å². The van der Waals surface area contributed by atoms with Gasteiger partial charge in [-0.3, -0.25) is 0 Å². The number of nitrogens with one attached hydrogen (secondary N) is 1. The second-order valence-corrected chi connectivity index (χ2v) is 5.94. The van der Waals surface area contributed by atoms with Gasteiger partial charge in [0.15, 0.2) is 0 Å². The van der Waals surface area contributed by atoms with E-state index in [0.29, 0.717) is 5.15 Å². The van der Waals surface area contributed by atoms with Crippen LogP contribution in [0.5, 0.6) is 0 Å². The van der Waals surface area contributed by atoms with Crippen LogP contribution in [0.3, 0.4) is 0 Å². The van der Waals surface area contributed by atoms with E-state index in [1.165, 1.54) is 0 Å². The van der Waals surface area contributed by atoms with E-state index < -0.39 is 5.60 Å². The van der Waals surface area contributed by atoms with Crippen molar-refractivity contribution in [3.63, 3.8) is 0 Å². The molecule has 0 unspecified atom stereocenters. The number of hydrogen-bond donors (Lipinski definition) is 2. The van der Waals surface area contributed by atoms with Crippen LogP contribution in [0.1, 0.15) is 33.3 Å². The normalized spacial score (nSPS) is 11.9. The van der Waals surface area contributed by atoms with Crippen molar-refractivity contribution in [3.05, 3.63) is 35.4 Å². The predicted molar refractivity (Wildman–Crippen MR) is 80.4 cm³/mol. The number of aliphatic hydroxyl groups is 1. The lowest BCUT2D eigenvalue weighted by atomic mass is 10.0. The zero-order chi connectivity index (χ0) is 14.9. The Morgan fingerprint density at radius 2 is 2.05 bits per heavy atom. The summed E-state index contributed by atoms with van der Waals surface area (Å²) in [7, 11) is 0. The quantitative estimate of drug-likeness (QED) is 0.851. The molecule has 0 saturated carbocycles. The van der Waals surface area contributed by atoms with E-state index in [2.05, 4.69) is 15.4 Å². The molecule has 108 valence electrons. The second kappa shape index (κ2) is 5.42. The Labute approximate surface area is 123 Å². The number of aromatic nitrogens is 3. The molecule has 0 spiro atoms. The SMILES string of the molecule is CC(C)Nc1cc(Cl)ncc1-n1cc(C(C)(C)O)cn1. The van der Waals surface area contributed by atoms with Crippen molar-refractivity contribution < 1.29 is 5.11 Å². The summed E-state index contributed by atoms with van der Waals surface area (Å²) in [5.41, 5.74) is 1.45. The molecule has 2 aromatic heterocycles. The number of halogens is 1. The van der Waals surface area contributed by atoms with E-state index in [4.69, 9.17) is 11.6 Å². The van der Waals surface area contributed by atoms with Crippen LogP contribution in [0.25, 0.3) is 5.69 Å². The summed E-state index contributed by atoms with van der Waals surface area (Å²) in [6, 6.07) is 2.03. The third-order valence-corrected chi connectivity index (χ3v) is 3.04. The zero-order valence-electron chi connectivity index (χ0n) is 12.1. The maximum absolute atomic E-state index is 10.0. The highest BCUT2D eigenvalue weighted by Crippen LogP contribution is 2.25. The largest absolute Gasteiger partial charge is 0.386 e. The number of rotatable bonds is 4. The maximum atomic E-state index is 10.0. The molecule has 0 amide bonds. The van der Waals surface area contributed by atoms with Gasteiger partial charge in [-0.2, -0.15) is 5.10 Å². The Morgan fingerprint density at radius 1 is 1.35 bits per heavy atom. The minimum Gasteiger partial charge on any atom is -0.386 e. The van der Waals surface area contributed by atoms with Crippen LogP contribution < -0.4 is 5.32 Å². The molecule has 0 saturated heterocycles. The Morgan fingerprint density at radius 3 is 2.60 bits per heavy atom. The first-order valence-corrected chi connectivity index (χ1v) is 6.85. The summed E-state index contributed by atoms with van der Waals surface area (Å²) in [6.45, 7) is 7.54. The second-order valence-electron chi connectivity index (χ2n) is 5.56. The molecule has 2 rings (SSSR count). The van der Waals surface area contributed by atoms with E-state index in [-0.39, 0.29) is 6.04 Å². The monoisotopic (exact) mass is 294 g/mol. The molecule has 2 aromatic rings. The van der Waals surface area contributed by atoms with Gasteiger partial charge in [-0.05, 0) is 27.7 Å². The van der Waals surface area contributed by atoms with Crippen molar-refractivity contribution >= 4 is 17.3 Å². The van der Waals surface area contributed by atoms with Gasteiger partial charge in [0, 0.05) is 23.9 Å². The highest BCUT2D eigenvalue weighted by atomic mass is 35.5. The molecule has 6 heteroatoms. The van der Waals surface area contributed by atoms with Crippen LogP contribution >= 0.6 is 11.6 Å². The lowest BCUT2D eigenvalue weighted by molar-refractivity contribution is 0.0786. The minimum atomic E-state index is -0.927. The summed E-state index contributed by atoms with van der Waals surface area (Å²) < 4.78 is 1.68. The molecule has 0 bridgehead atoms. The lowest BCUT2D eigenvalue weighted by Crippen LogP contribution is -2.14. The van der Waals surface area contributed by atoms with Crippen molar-refractivity contribution in [3.8, 4) is 5.69 Å². The third-order valence-electron chi connectivity index (χ3n) is 2.83. The smallest absolute Gasteiger partial charge is 0.131 e. The lowest BCUT2D eigenvalue weighted by Gasteiger charge is -2.15. The van der Waals surface area contributed by atoms with Crippen LogP contribution in [-0.4, -0.2) is 25.9 Å². The zero-order valence-corrected chi connectivity index (χ0v) is 12.8. The van der Waals surface area contributed by atoms with Crippen LogP contribution in [0.15, 0.2) is 24.7 Å². The van der Waals surface area contributed by atoms with Gasteiger partial charge in [-0.15, -0.1) is 0 Å². The molecule has 0 aliphatic rings. The number of nitrogens with zero attached hydrogens (tertiary/aromatic N) is 3. The molecule has 0 fully saturated rings. The molecular formula is C14H19ClN4O. The molecule has 2 N–H and O–H groups in total. The van der Waals surface area contributed by atoms with Crippen molar-refractivity contribution in [1.29, 1.82) is 0 Å². The third kappa shape index (κ3) is 3.29. The van der Waals surface area contributed by atoms with E-state index in [1.807, 2.05) is 13.8 Å². The van der Waals surface area contributed by atoms with Crippen LogP contribution in [0.2, 0.25) is 5.15 Å². The fourth-order valence-corrected chi connectivity index (χ4v) is 1.96. The number of hydrogen-bond acceptors (Lipinski definition) is 4. The Bertz CT molecular complexity index is 601. The Balaban J connectivity index is 2.44. The van der Waals surface area contributed by atoms with Gasteiger partial charge in [-0.25, -0.2) is 9.67 Å². The van der Waals surface area contributed by atoms with E-state index in [0.717, 1.165) is 16.9 Å². The summed E-state index contributed by atoms with van der Waals surface area (Å²) >= 11 is 5.94. The van der Waals surface area contributed by atoms with Gasteiger partial charge in [-0.1, -0.05) is 11.6 Å². The van der Waals surface area contributed by atoms with Gasteiger partial charge in [0.2, 0.25) is 0 Å². The molecule has 20 heavy (non-hydrogen) atoms. The first-order valence-electron chi connectivity index (χ1n) is 6.47. The van der Waals surface area contributed by atoms with Gasteiger partial charge >= 0.3 is 0 Å². The van der Waals surface area contributed by atoms with Crippen molar-refractivity contribution in [2.75, 3.05) is 5.32 Å². The molecular weight excluding hydrogens is 276 g/mol. The van der Waals surface area contributed by atoms with E-state index >= 15 is 0 Å². The van der Waals surface area contributed by atoms with Gasteiger partial charge < -0.3 is 10.4 Å². The summed E-state index contributed by atoms with van der Waals surface area (Å²) in [5.74, 6) is 0. The molecule has 0 atom stereocenters. The van der Waals surface area contributed by atoms with E-state index in [1.54, 1.807) is 43.2 Å². The number of anilines is 1. The van der Waals surface area contributed by atoms with Crippen molar-refractivity contribution in [1.82, 2.24) is 14.8 Å². The summed E-state index contributed by atoms with van der Waals surface area (Å²) in [4.78, 5) is 4.10. The molecule has 2 heterocycles. The summed E-state index contributed by atoms with van der Waals surface area (Å²) in [5, 5.41) is 18.0. The van der Waals surface area contributed by atoms with Crippen LogP contribution in [-0.2, 0) is 5.60 Å². The Hall–Kier alpha value is -1.59. The topological polar surface area (TPSA) is 63.0 Å². The average molecular weight is 295 g/mol. The minimum absolute atomic E-state index is 0.261. The maximum Gasteiger partial charge on any atom is 0.131 e. The van der Waals surface area contributed by atoms with E-state index in [9.17, 15) is 5.11 Å². The number of pyridine rings is 1. The average Bonchev–Trinajstić information content (AvgIpc) is 2.77. The molecule has 5 nitrogen and oxygen atoms in total. The first-order chi connectivity index (χ1) is 9.27. The molecule has 0 aliphatic carbocycles. The Kier molecular flexibility index (Phi) is 4.01. The van der Waals surface area contributed by atoms with Gasteiger partial charge in [0.05, 0.1) is 23.7 Å². The molecule has 0 aromatic carbocycles. The first kappa shape index (κ1) is 14.8. The highest BCUT2D eigenvalue weighted by Gasteiger charge is 2.19.